The summed E-state index contributed by atoms with van der Waals surface area (Å²) in [5, 5.41) is 3.38. The number of aryl methyl sites for hydroxylation is 1. The van der Waals surface area contributed by atoms with Crippen LogP contribution in [0.5, 0.6) is 0 Å². The van der Waals surface area contributed by atoms with Gasteiger partial charge in [-0.1, -0.05) is 18.2 Å². The van der Waals surface area contributed by atoms with E-state index in [2.05, 4.69) is 70.1 Å². The maximum atomic E-state index is 4.36. The van der Waals surface area contributed by atoms with Gasteiger partial charge in [0.25, 0.3) is 0 Å². The smallest absolute Gasteiger partial charge is 0.0420 e. The average Bonchev–Trinajstić information content (AvgIpc) is 2.39. The first-order valence-corrected chi connectivity index (χ1v) is 7.12. The van der Waals surface area contributed by atoms with E-state index >= 15 is 0 Å². The van der Waals surface area contributed by atoms with Crippen LogP contribution in [0.2, 0.25) is 0 Å². The number of hydrogen-bond donors (Lipinski definition) is 1. The van der Waals surface area contributed by atoms with Crippen molar-refractivity contribution in [3.05, 3.63) is 63.0 Å². The van der Waals surface area contributed by atoms with E-state index < -0.39 is 0 Å². The molecule has 1 unspecified atom stereocenters. The summed E-state index contributed by atoms with van der Waals surface area (Å²) in [5.41, 5.74) is 3.72. The minimum absolute atomic E-state index is 0.318. The Morgan fingerprint density at radius 2 is 1.94 bits per heavy atom. The highest BCUT2D eigenvalue weighted by atomic mass is 127. The molecule has 1 heterocycles. The monoisotopic (exact) mass is 352 g/mol. The normalized spacial score (nSPS) is 12.4. The third-order valence-corrected chi connectivity index (χ3v) is 3.84. The molecule has 1 aromatic heterocycles. The van der Waals surface area contributed by atoms with Crippen molar-refractivity contribution < 1.29 is 0 Å². The number of halogens is 1. The Labute approximate surface area is 122 Å². The van der Waals surface area contributed by atoms with Crippen LogP contribution in [0.1, 0.15) is 22.9 Å². The van der Waals surface area contributed by atoms with Gasteiger partial charge >= 0.3 is 0 Å². The standard InChI is InChI=1S/C15H17IN2/c1-11-14(4-3-9-18-11)15(17-2)10-12-5-7-13(16)8-6-12/h3-9,15,17H,10H2,1-2H3. The summed E-state index contributed by atoms with van der Waals surface area (Å²) in [6.45, 7) is 2.06. The van der Waals surface area contributed by atoms with Gasteiger partial charge in [0, 0.05) is 21.5 Å². The topological polar surface area (TPSA) is 24.9 Å². The van der Waals surface area contributed by atoms with E-state index in [1.807, 2.05) is 19.3 Å². The van der Waals surface area contributed by atoms with Gasteiger partial charge in [0.1, 0.15) is 0 Å². The van der Waals surface area contributed by atoms with Gasteiger partial charge in [-0.05, 0) is 72.3 Å². The molecular weight excluding hydrogens is 335 g/mol. The van der Waals surface area contributed by atoms with Crippen LogP contribution >= 0.6 is 22.6 Å². The van der Waals surface area contributed by atoms with Gasteiger partial charge in [-0.2, -0.15) is 0 Å². The third-order valence-electron chi connectivity index (χ3n) is 3.12. The second kappa shape index (κ2) is 6.29. The highest BCUT2D eigenvalue weighted by Gasteiger charge is 2.12. The molecule has 2 nitrogen and oxygen atoms in total. The Hall–Kier alpha value is -0.940. The zero-order chi connectivity index (χ0) is 13.0. The van der Waals surface area contributed by atoms with E-state index in [0.29, 0.717) is 6.04 Å². The number of nitrogens with zero attached hydrogens (tertiary/aromatic N) is 1. The van der Waals surface area contributed by atoms with Gasteiger partial charge in [0.2, 0.25) is 0 Å². The fourth-order valence-corrected chi connectivity index (χ4v) is 2.45. The predicted molar refractivity (Wildman–Crippen MR) is 83.6 cm³/mol. The summed E-state index contributed by atoms with van der Waals surface area (Å²) >= 11 is 2.33. The van der Waals surface area contributed by atoms with Crippen molar-refractivity contribution >= 4 is 22.6 Å². The van der Waals surface area contributed by atoms with Crippen LogP contribution in [-0.4, -0.2) is 12.0 Å². The lowest BCUT2D eigenvalue weighted by molar-refractivity contribution is 0.586. The highest BCUT2D eigenvalue weighted by Crippen LogP contribution is 2.20. The Balaban J connectivity index is 2.20. The molecule has 1 N–H and O–H groups in total. The van der Waals surface area contributed by atoms with Crippen LogP contribution < -0.4 is 5.32 Å². The van der Waals surface area contributed by atoms with Gasteiger partial charge in [0.15, 0.2) is 0 Å². The van der Waals surface area contributed by atoms with Gasteiger partial charge in [-0.15, -0.1) is 0 Å². The molecular formula is C15H17IN2. The van der Waals surface area contributed by atoms with Crippen molar-refractivity contribution in [2.24, 2.45) is 0 Å². The molecule has 1 atom stereocenters. The maximum absolute atomic E-state index is 4.36. The van der Waals surface area contributed by atoms with Crippen LogP contribution in [0.3, 0.4) is 0 Å². The summed E-state index contributed by atoms with van der Waals surface area (Å²) < 4.78 is 1.27. The molecule has 0 spiro atoms. The first-order valence-electron chi connectivity index (χ1n) is 6.04. The Morgan fingerprint density at radius 3 is 2.56 bits per heavy atom. The molecule has 18 heavy (non-hydrogen) atoms. The molecule has 0 aliphatic carbocycles. The largest absolute Gasteiger partial charge is 0.313 e. The Kier molecular flexibility index (Phi) is 4.72. The molecule has 0 saturated carbocycles. The molecule has 94 valence electrons. The number of pyridine rings is 1. The molecule has 3 heteroatoms. The van der Waals surface area contributed by atoms with Crippen LogP contribution in [-0.2, 0) is 6.42 Å². The summed E-state index contributed by atoms with van der Waals surface area (Å²) in [6.07, 6.45) is 2.83. The summed E-state index contributed by atoms with van der Waals surface area (Å²) in [7, 11) is 2.00. The molecule has 1 aromatic carbocycles. The number of hydrogen-bond acceptors (Lipinski definition) is 2. The first kappa shape index (κ1) is 13.5. The van der Waals surface area contributed by atoms with E-state index in [-0.39, 0.29) is 0 Å². The van der Waals surface area contributed by atoms with E-state index in [1.54, 1.807) is 0 Å². The molecule has 0 amide bonds. The van der Waals surface area contributed by atoms with E-state index in [0.717, 1.165) is 12.1 Å². The van der Waals surface area contributed by atoms with Crippen LogP contribution in [0.4, 0.5) is 0 Å². The molecule has 2 rings (SSSR count). The number of benzene rings is 1. The SMILES string of the molecule is CNC(Cc1ccc(I)cc1)c1cccnc1C. The summed E-state index contributed by atoms with van der Waals surface area (Å²) in [4.78, 5) is 4.36. The zero-order valence-electron chi connectivity index (χ0n) is 10.7. The predicted octanol–water partition coefficient (Wildman–Crippen LogP) is 3.50. The second-order valence-electron chi connectivity index (χ2n) is 4.35. The molecule has 0 radical (unpaired) electrons. The zero-order valence-corrected chi connectivity index (χ0v) is 12.8. The van der Waals surface area contributed by atoms with Crippen molar-refractivity contribution in [3.63, 3.8) is 0 Å². The van der Waals surface area contributed by atoms with Gasteiger partial charge < -0.3 is 5.32 Å². The second-order valence-corrected chi connectivity index (χ2v) is 5.60. The van der Waals surface area contributed by atoms with Crippen molar-refractivity contribution in [2.75, 3.05) is 7.05 Å². The van der Waals surface area contributed by atoms with E-state index in [4.69, 9.17) is 0 Å². The van der Waals surface area contributed by atoms with Crippen LogP contribution in [0, 0.1) is 10.5 Å². The van der Waals surface area contributed by atoms with Crippen molar-refractivity contribution in [1.82, 2.24) is 10.3 Å². The lowest BCUT2D eigenvalue weighted by atomic mass is 9.98. The fourth-order valence-electron chi connectivity index (χ4n) is 2.09. The fraction of sp³-hybridized carbons (Fsp3) is 0.267. The maximum Gasteiger partial charge on any atom is 0.0420 e. The highest BCUT2D eigenvalue weighted by molar-refractivity contribution is 14.1. The third kappa shape index (κ3) is 3.29. The molecule has 0 saturated heterocycles. The minimum atomic E-state index is 0.318. The van der Waals surface area contributed by atoms with Crippen molar-refractivity contribution in [3.8, 4) is 0 Å². The Morgan fingerprint density at radius 1 is 1.22 bits per heavy atom. The minimum Gasteiger partial charge on any atom is -0.313 e. The Bertz CT molecular complexity index is 508. The number of nitrogens with one attached hydrogen (secondary N) is 1. The lowest BCUT2D eigenvalue weighted by Crippen LogP contribution is -2.20. The lowest BCUT2D eigenvalue weighted by Gasteiger charge is -2.18. The molecule has 0 aliphatic heterocycles. The summed E-state index contributed by atoms with van der Waals surface area (Å²) in [5.74, 6) is 0. The van der Waals surface area contributed by atoms with Gasteiger partial charge in [-0.25, -0.2) is 0 Å². The van der Waals surface area contributed by atoms with Crippen molar-refractivity contribution in [2.45, 2.75) is 19.4 Å². The summed E-state index contributed by atoms with van der Waals surface area (Å²) in [6, 6.07) is 13.2. The molecule has 0 fully saturated rings. The van der Waals surface area contributed by atoms with E-state index in [1.165, 1.54) is 14.7 Å². The molecule has 0 bridgehead atoms. The quantitative estimate of drug-likeness (QED) is 0.852. The van der Waals surface area contributed by atoms with Gasteiger partial charge in [-0.3, -0.25) is 4.98 Å². The first-order chi connectivity index (χ1) is 8.70. The van der Waals surface area contributed by atoms with Crippen LogP contribution in [0.15, 0.2) is 42.6 Å². The van der Waals surface area contributed by atoms with E-state index in [9.17, 15) is 0 Å². The molecule has 0 aliphatic rings. The molecule has 2 aromatic rings. The van der Waals surface area contributed by atoms with Gasteiger partial charge in [0.05, 0.1) is 0 Å². The average molecular weight is 352 g/mol. The number of aromatic nitrogens is 1. The van der Waals surface area contributed by atoms with Crippen LogP contribution in [0.25, 0.3) is 0 Å². The van der Waals surface area contributed by atoms with Crippen molar-refractivity contribution in [1.29, 1.82) is 0 Å². The number of rotatable bonds is 4. The number of likely N-dealkylation sites (N-methyl/N-ethyl adjacent to an activating group) is 1.